The molecule has 0 heterocycles. The molecule has 2 aromatic carbocycles. The highest BCUT2D eigenvalue weighted by molar-refractivity contribution is 5.83. The van der Waals surface area contributed by atoms with Crippen molar-refractivity contribution in [3.05, 3.63) is 42.5 Å². The Hall–Kier alpha value is -2.27. The van der Waals surface area contributed by atoms with Gasteiger partial charge in [-0.2, -0.15) is 0 Å². The minimum absolute atomic E-state index is 0.0832. The molecule has 0 bridgehead atoms. The third-order valence-corrected chi connectivity index (χ3v) is 3.22. The van der Waals surface area contributed by atoms with Gasteiger partial charge < -0.3 is 20.5 Å². The average Bonchev–Trinajstić information content (AvgIpc) is 2.54. The molecular formula is C17H22N2O3. The number of urea groups is 1. The molecule has 0 aromatic heterocycles. The number of benzene rings is 2. The van der Waals surface area contributed by atoms with E-state index in [0.717, 1.165) is 17.6 Å². The first-order valence-electron chi connectivity index (χ1n) is 7.54. The predicted octanol–water partition coefficient (Wildman–Crippen LogP) is 2.29. The summed E-state index contributed by atoms with van der Waals surface area (Å²) >= 11 is 0. The minimum Gasteiger partial charge on any atom is -0.494 e. The highest BCUT2D eigenvalue weighted by atomic mass is 16.5. The lowest BCUT2D eigenvalue weighted by Gasteiger charge is -2.09. The number of aliphatic hydroxyl groups is 1. The van der Waals surface area contributed by atoms with Gasteiger partial charge in [0.05, 0.1) is 6.61 Å². The maximum Gasteiger partial charge on any atom is 0.314 e. The first-order chi connectivity index (χ1) is 10.8. The molecular weight excluding hydrogens is 280 g/mol. The zero-order chi connectivity index (χ0) is 15.6. The van der Waals surface area contributed by atoms with Crippen LogP contribution in [0.1, 0.15) is 12.8 Å². The van der Waals surface area contributed by atoms with Gasteiger partial charge in [0.15, 0.2) is 0 Å². The first-order valence-corrected chi connectivity index (χ1v) is 7.54. The molecule has 2 aromatic rings. The van der Waals surface area contributed by atoms with Gasteiger partial charge in [-0.25, -0.2) is 4.79 Å². The molecule has 3 N–H and O–H groups in total. The number of amides is 2. The topological polar surface area (TPSA) is 70.6 Å². The summed E-state index contributed by atoms with van der Waals surface area (Å²) in [5, 5.41) is 16.4. The number of ether oxygens (including phenoxy) is 1. The van der Waals surface area contributed by atoms with Crippen LogP contribution >= 0.6 is 0 Å². The molecule has 0 spiro atoms. The van der Waals surface area contributed by atoms with Crippen LogP contribution in [0.25, 0.3) is 10.8 Å². The van der Waals surface area contributed by atoms with Crippen LogP contribution in [0.3, 0.4) is 0 Å². The Morgan fingerprint density at radius 3 is 2.50 bits per heavy atom. The lowest BCUT2D eigenvalue weighted by atomic mass is 10.1. The van der Waals surface area contributed by atoms with Gasteiger partial charge in [-0.1, -0.05) is 30.3 Å². The van der Waals surface area contributed by atoms with Crippen molar-refractivity contribution in [1.29, 1.82) is 0 Å². The average molecular weight is 302 g/mol. The van der Waals surface area contributed by atoms with Gasteiger partial charge in [-0.05, 0) is 35.7 Å². The summed E-state index contributed by atoms with van der Waals surface area (Å²) in [5.41, 5.74) is 0. The van der Waals surface area contributed by atoms with E-state index in [2.05, 4.69) is 22.8 Å². The fraction of sp³-hybridized carbons (Fsp3) is 0.353. The molecule has 5 nitrogen and oxygen atoms in total. The van der Waals surface area contributed by atoms with Gasteiger partial charge in [0, 0.05) is 19.7 Å². The number of carbonyl (C=O) groups excluding carboxylic acids is 1. The highest BCUT2D eigenvalue weighted by Crippen LogP contribution is 2.20. The molecule has 0 radical (unpaired) electrons. The van der Waals surface area contributed by atoms with Crippen LogP contribution in [0.2, 0.25) is 0 Å². The van der Waals surface area contributed by atoms with E-state index in [1.54, 1.807) is 0 Å². The number of aliphatic hydroxyl groups excluding tert-OH is 1. The minimum atomic E-state index is -0.209. The Labute approximate surface area is 130 Å². The second-order valence-electron chi connectivity index (χ2n) is 4.97. The van der Waals surface area contributed by atoms with Crippen molar-refractivity contribution in [2.75, 3.05) is 26.3 Å². The normalized spacial score (nSPS) is 10.4. The molecule has 0 atom stereocenters. The Morgan fingerprint density at radius 1 is 1.00 bits per heavy atom. The van der Waals surface area contributed by atoms with E-state index in [4.69, 9.17) is 9.84 Å². The van der Waals surface area contributed by atoms with Gasteiger partial charge >= 0.3 is 6.03 Å². The number of nitrogens with one attached hydrogen (secondary N) is 2. The Morgan fingerprint density at radius 2 is 1.73 bits per heavy atom. The molecule has 0 aliphatic carbocycles. The summed E-state index contributed by atoms with van der Waals surface area (Å²) in [6.45, 7) is 1.67. The summed E-state index contributed by atoms with van der Waals surface area (Å²) < 4.78 is 5.69. The van der Waals surface area contributed by atoms with E-state index in [1.165, 1.54) is 5.39 Å². The Balaban J connectivity index is 1.64. The number of fused-ring (bicyclic) bond motifs is 1. The Kier molecular flexibility index (Phi) is 6.51. The molecule has 2 amide bonds. The molecule has 0 saturated carbocycles. The van der Waals surface area contributed by atoms with Crippen molar-refractivity contribution in [3.8, 4) is 5.75 Å². The number of rotatable bonds is 8. The van der Waals surface area contributed by atoms with Gasteiger partial charge in [-0.3, -0.25) is 0 Å². The van der Waals surface area contributed by atoms with Crippen LogP contribution in [0, 0.1) is 0 Å². The number of carbonyl (C=O) groups is 1. The van der Waals surface area contributed by atoms with Crippen molar-refractivity contribution >= 4 is 16.8 Å². The standard InChI is InChI=1S/C17H22N2O3/c20-11-3-9-18-17(21)19-10-4-12-22-16-8-7-14-5-1-2-6-15(14)13-16/h1-2,5-8,13,20H,3-4,9-12H2,(H2,18,19,21). The molecule has 0 aliphatic heterocycles. The third kappa shape index (κ3) is 5.26. The highest BCUT2D eigenvalue weighted by Gasteiger charge is 1.99. The van der Waals surface area contributed by atoms with E-state index in [-0.39, 0.29) is 12.6 Å². The van der Waals surface area contributed by atoms with Crippen molar-refractivity contribution < 1.29 is 14.6 Å². The van der Waals surface area contributed by atoms with Crippen LogP contribution in [0.5, 0.6) is 5.75 Å². The molecule has 0 aliphatic rings. The third-order valence-electron chi connectivity index (χ3n) is 3.22. The SMILES string of the molecule is O=C(NCCCO)NCCCOc1ccc2ccccc2c1. The summed E-state index contributed by atoms with van der Waals surface area (Å²) in [6, 6.07) is 13.9. The maximum absolute atomic E-state index is 11.4. The second-order valence-corrected chi connectivity index (χ2v) is 4.97. The first kappa shape index (κ1) is 16.1. The van der Waals surface area contributed by atoms with Crippen molar-refractivity contribution in [1.82, 2.24) is 10.6 Å². The molecule has 22 heavy (non-hydrogen) atoms. The molecule has 5 heteroatoms. The fourth-order valence-electron chi connectivity index (χ4n) is 2.06. The van der Waals surface area contributed by atoms with E-state index in [9.17, 15) is 4.79 Å². The van der Waals surface area contributed by atoms with Crippen molar-refractivity contribution in [2.24, 2.45) is 0 Å². The molecule has 0 fully saturated rings. The Bertz CT molecular complexity index is 601. The lowest BCUT2D eigenvalue weighted by Crippen LogP contribution is -2.37. The molecule has 0 unspecified atom stereocenters. The van der Waals surface area contributed by atoms with Crippen molar-refractivity contribution in [3.63, 3.8) is 0 Å². The van der Waals surface area contributed by atoms with Crippen LogP contribution in [-0.2, 0) is 0 Å². The fourth-order valence-corrected chi connectivity index (χ4v) is 2.06. The zero-order valence-corrected chi connectivity index (χ0v) is 12.5. The number of hydrogen-bond donors (Lipinski definition) is 3. The van der Waals surface area contributed by atoms with E-state index in [1.807, 2.05) is 30.3 Å². The van der Waals surface area contributed by atoms with Crippen LogP contribution < -0.4 is 15.4 Å². The molecule has 118 valence electrons. The van der Waals surface area contributed by atoms with Gasteiger partial charge in [0.25, 0.3) is 0 Å². The van der Waals surface area contributed by atoms with Crippen molar-refractivity contribution in [2.45, 2.75) is 12.8 Å². The smallest absolute Gasteiger partial charge is 0.314 e. The molecule has 0 saturated heterocycles. The maximum atomic E-state index is 11.4. The van der Waals surface area contributed by atoms with Gasteiger partial charge in [0.2, 0.25) is 0 Å². The largest absolute Gasteiger partial charge is 0.494 e. The quantitative estimate of drug-likeness (QED) is 0.655. The van der Waals surface area contributed by atoms with E-state index in [0.29, 0.717) is 26.1 Å². The van der Waals surface area contributed by atoms with E-state index >= 15 is 0 Å². The van der Waals surface area contributed by atoms with Crippen LogP contribution in [-0.4, -0.2) is 37.4 Å². The molecule has 2 rings (SSSR count). The zero-order valence-electron chi connectivity index (χ0n) is 12.5. The predicted molar refractivity (Wildman–Crippen MR) is 87.2 cm³/mol. The van der Waals surface area contributed by atoms with Crippen LogP contribution in [0.15, 0.2) is 42.5 Å². The summed E-state index contributed by atoms with van der Waals surface area (Å²) in [6.07, 6.45) is 1.30. The second kappa shape index (κ2) is 8.89. The summed E-state index contributed by atoms with van der Waals surface area (Å²) in [7, 11) is 0. The summed E-state index contributed by atoms with van der Waals surface area (Å²) in [4.78, 5) is 11.4. The van der Waals surface area contributed by atoms with Gasteiger partial charge in [-0.15, -0.1) is 0 Å². The number of hydrogen-bond acceptors (Lipinski definition) is 3. The van der Waals surface area contributed by atoms with E-state index < -0.39 is 0 Å². The van der Waals surface area contributed by atoms with Crippen LogP contribution in [0.4, 0.5) is 4.79 Å². The summed E-state index contributed by atoms with van der Waals surface area (Å²) in [5.74, 6) is 0.839. The lowest BCUT2D eigenvalue weighted by molar-refractivity contribution is 0.236. The van der Waals surface area contributed by atoms with Gasteiger partial charge in [0.1, 0.15) is 5.75 Å². The monoisotopic (exact) mass is 302 g/mol.